The molecular formula is C22H23N3O6S. The summed E-state index contributed by atoms with van der Waals surface area (Å²) < 4.78 is 37.2. The smallest absolute Gasteiger partial charge is 0.324 e. The van der Waals surface area contributed by atoms with E-state index >= 15 is 0 Å². The van der Waals surface area contributed by atoms with Gasteiger partial charge in [0.2, 0.25) is 0 Å². The van der Waals surface area contributed by atoms with Crippen molar-refractivity contribution in [3.8, 4) is 11.5 Å². The van der Waals surface area contributed by atoms with Gasteiger partial charge in [-0.25, -0.2) is 13.4 Å². The van der Waals surface area contributed by atoms with Crippen LogP contribution in [0.3, 0.4) is 0 Å². The molecule has 32 heavy (non-hydrogen) atoms. The third kappa shape index (κ3) is 3.44. The first-order chi connectivity index (χ1) is 15.4. The predicted octanol–water partition coefficient (Wildman–Crippen LogP) is 1.89. The second kappa shape index (κ2) is 7.88. The normalized spacial score (nSPS) is 22.2. The Balaban J connectivity index is 1.48. The number of carbonyl (C=O) groups is 2. The fraction of sp³-hybridized carbons (Fsp3) is 0.364. The van der Waals surface area contributed by atoms with Crippen molar-refractivity contribution in [2.45, 2.75) is 36.1 Å². The molecule has 5 rings (SSSR count). The number of methoxy groups -OCH3 is 1. The number of hydrogen-bond donors (Lipinski definition) is 2. The minimum absolute atomic E-state index is 0.0619. The van der Waals surface area contributed by atoms with E-state index in [0.29, 0.717) is 42.1 Å². The van der Waals surface area contributed by atoms with Gasteiger partial charge in [0.25, 0.3) is 15.9 Å². The lowest BCUT2D eigenvalue weighted by molar-refractivity contribution is -0.149. The average Bonchev–Trinajstić information content (AvgIpc) is 2.80. The van der Waals surface area contributed by atoms with E-state index in [9.17, 15) is 18.0 Å². The summed E-state index contributed by atoms with van der Waals surface area (Å²) >= 11 is 0. The molecule has 1 fully saturated rings. The molecule has 3 aliphatic rings. The Hall–Kier alpha value is -2.95. The molecule has 3 aliphatic heterocycles. The van der Waals surface area contributed by atoms with Crippen LogP contribution in [0.4, 0.5) is 0 Å². The Morgan fingerprint density at radius 3 is 2.88 bits per heavy atom. The summed E-state index contributed by atoms with van der Waals surface area (Å²) in [5, 5.41) is 4.31. The number of hydrogen-bond acceptors (Lipinski definition) is 7. The molecule has 9 nitrogen and oxygen atoms in total. The highest BCUT2D eigenvalue weighted by Crippen LogP contribution is 2.47. The molecule has 3 heterocycles. The van der Waals surface area contributed by atoms with Gasteiger partial charge in [-0.2, -0.15) is 0 Å². The van der Waals surface area contributed by atoms with Crippen LogP contribution in [0.25, 0.3) is 0 Å². The van der Waals surface area contributed by atoms with Crippen molar-refractivity contribution in [2.75, 3.05) is 20.2 Å². The zero-order chi connectivity index (χ0) is 22.5. The molecule has 0 bridgehead atoms. The summed E-state index contributed by atoms with van der Waals surface area (Å²) in [5.74, 6) is 0.316. The molecule has 1 saturated heterocycles. The van der Waals surface area contributed by atoms with Gasteiger partial charge in [0.15, 0.2) is 0 Å². The van der Waals surface area contributed by atoms with Crippen LogP contribution in [0.15, 0.2) is 41.3 Å². The molecule has 0 aromatic heterocycles. The minimum atomic E-state index is -3.95. The van der Waals surface area contributed by atoms with Crippen LogP contribution in [0.1, 0.15) is 46.7 Å². The predicted molar refractivity (Wildman–Crippen MR) is 114 cm³/mol. The Morgan fingerprint density at radius 2 is 2.06 bits per heavy atom. The molecule has 0 spiro atoms. The summed E-state index contributed by atoms with van der Waals surface area (Å²) in [4.78, 5) is 27.0. The number of benzene rings is 2. The first-order valence-corrected chi connectivity index (χ1v) is 12.0. The quantitative estimate of drug-likeness (QED) is 0.674. The highest BCUT2D eigenvalue weighted by Gasteiger charge is 2.37. The highest BCUT2D eigenvalue weighted by atomic mass is 32.2. The number of nitrogens with one attached hydrogen (secondary N) is 2. The number of ether oxygens (including phenoxy) is 2. The van der Waals surface area contributed by atoms with Gasteiger partial charge in [0.05, 0.1) is 12.0 Å². The standard InChI is InChI=1S/C22H23N3O6S/c1-30-22(27)17-6-2-3-10-25(17)24-32(28,29)13-8-9-18-15(11-13)16-12-23-21(26)14-5-4-7-19(31-18)20(14)16/h4-5,7-9,11,16-17,24H,2-3,6,10,12H2,1H3,(H,23,26). The van der Waals surface area contributed by atoms with Crippen LogP contribution in [-0.4, -0.2) is 51.5 Å². The number of esters is 1. The van der Waals surface area contributed by atoms with Gasteiger partial charge in [-0.15, -0.1) is 4.83 Å². The Morgan fingerprint density at radius 1 is 1.22 bits per heavy atom. The van der Waals surface area contributed by atoms with Crippen LogP contribution in [0.5, 0.6) is 11.5 Å². The van der Waals surface area contributed by atoms with Gasteiger partial charge in [-0.3, -0.25) is 9.59 Å². The van der Waals surface area contributed by atoms with Gasteiger partial charge in [-0.05, 0) is 49.6 Å². The maximum absolute atomic E-state index is 13.2. The number of rotatable bonds is 4. The van der Waals surface area contributed by atoms with Crippen molar-refractivity contribution in [2.24, 2.45) is 0 Å². The number of carbonyl (C=O) groups excluding carboxylic acids is 2. The minimum Gasteiger partial charge on any atom is -0.468 e. The number of nitrogens with zero attached hydrogens (tertiary/aromatic N) is 1. The number of piperidine rings is 1. The van der Waals surface area contributed by atoms with Gasteiger partial charge in [-0.1, -0.05) is 6.07 Å². The van der Waals surface area contributed by atoms with Crippen molar-refractivity contribution in [1.29, 1.82) is 0 Å². The van der Waals surface area contributed by atoms with E-state index in [1.807, 2.05) is 6.07 Å². The van der Waals surface area contributed by atoms with Crippen molar-refractivity contribution in [3.05, 3.63) is 53.1 Å². The summed E-state index contributed by atoms with van der Waals surface area (Å²) in [6.07, 6.45) is 2.12. The maximum Gasteiger partial charge on any atom is 0.324 e. The molecule has 2 N–H and O–H groups in total. The molecule has 0 radical (unpaired) electrons. The van der Waals surface area contributed by atoms with Crippen LogP contribution in [0.2, 0.25) is 0 Å². The fourth-order valence-electron chi connectivity index (χ4n) is 4.65. The highest BCUT2D eigenvalue weighted by molar-refractivity contribution is 7.89. The van der Waals surface area contributed by atoms with Gasteiger partial charge in [0.1, 0.15) is 17.5 Å². The lowest BCUT2D eigenvalue weighted by Gasteiger charge is -2.34. The van der Waals surface area contributed by atoms with Crippen LogP contribution in [0, 0.1) is 0 Å². The van der Waals surface area contributed by atoms with E-state index in [-0.39, 0.29) is 16.7 Å². The molecule has 0 saturated carbocycles. The lowest BCUT2D eigenvalue weighted by Crippen LogP contribution is -2.54. The zero-order valence-corrected chi connectivity index (χ0v) is 18.3. The molecule has 2 aromatic rings. The summed E-state index contributed by atoms with van der Waals surface area (Å²) in [5.41, 5.74) is 1.99. The SMILES string of the molecule is COC(=O)C1CCCCN1NS(=O)(=O)c1ccc2c(c1)C1CNC(=O)c3cccc(c31)O2. The van der Waals surface area contributed by atoms with E-state index in [0.717, 1.165) is 18.4 Å². The molecule has 2 aromatic carbocycles. The van der Waals surface area contributed by atoms with E-state index in [4.69, 9.17) is 9.47 Å². The largest absolute Gasteiger partial charge is 0.468 e. The van der Waals surface area contributed by atoms with Crippen LogP contribution < -0.4 is 14.9 Å². The van der Waals surface area contributed by atoms with Crippen molar-refractivity contribution >= 4 is 21.9 Å². The molecule has 1 amide bonds. The monoisotopic (exact) mass is 457 g/mol. The molecule has 0 aliphatic carbocycles. The number of amides is 1. The number of fused-ring (bicyclic) bond motifs is 2. The third-order valence-corrected chi connectivity index (χ3v) is 7.58. The molecular weight excluding hydrogens is 434 g/mol. The Bertz CT molecular complexity index is 1210. The molecule has 2 atom stereocenters. The van der Waals surface area contributed by atoms with Crippen LogP contribution in [-0.2, 0) is 19.6 Å². The van der Waals surface area contributed by atoms with E-state index in [1.54, 1.807) is 24.3 Å². The van der Waals surface area contributed by atoms with E-state index < -0.39 is 22.0 Å². The Kier molecular flexibility index (Phi) is 5.15. The second-order valence-corrected chi connectivity index (χ2v) is 9.77. The van der Waals surface area contributed by atoms with Gasteiger partial charge >= 0.3 is 5.97 Å². The number of hydrazine groups is 1. The average molecular weight is 458 g/mol. The first kappa shape index (κ1) is 20.9. The fourth-order valence-corrected chi connectivity index (χ4v) is 5.82. The van der Waals surface area contributed by atoms with Crippen LogP contribution >= 0.6 is 0 Å². The van der Waals surface area contributed by atoms with Gasteiger partial charge in [0, 0.05) is 35.7 Å². The molecule has 168 valence electrons. The van der Waals surface area contributed by atoms with Gasteiger partial charge < -0.3 is 14.8 Å². The third-order valence-electron chi connectivity index (χ3n) is 6.23. The Labute approximate surface area is 185 Å². The molecule has 10 heteroatoms. The first-order valence-electron chi connectivity index (χ1n) is 10.5. The van der Waals surface area contributed by atoms with E-state index in [2.05, 4.69) is 10.1 Å². The van der Waals surface area contributed by atoms with Crippen molar-refractivity contribution in [3.63, 3.8) is 0 Å². The zero-order valence-electron chi connectivity index (χ0n) is 17.5. The van der Waals surface area contributed by atoms with Crippen molar-refractivity contribution in [1.82, 2.24) is 15.2 Å². The van der Waals surface area contributed by atoms with E-state index in [1.165, 1.54) is 18.2 Å². The summed E-state index contributed by atoms with van der Waals surface area (Å²) in [6, 6.07) is 9.34. The maximum atomic E-state index is 13.2. The molecule has 2 unspecified atom stereocenters. The van der Waals surface area contributed by atoms with Crippen molar-refractivity contribution < 1.29 is 27.5 Å². The topological polar surface area (TPSA) is 114 Å². The lowest BCUT2D eigenvalue weighted by atomic mass is 9.82. The second-order valence-electron chi connectivity index (χ2n) is 8.10. The summed E-state index contributed by atoms with van der Waals surface area (Å²) in [6.45, 7) is 0.769. The number of sulfonamides is 1. The summed E-state index contributed by atoms with van der Waals surface area (Å²) in [7, 11) is -2.66.